The van der Waals surface area contributed by atoms with Crippen molar-refractivity contribution in [3.8, 4) is 0 Å². The first kappa shape index (κ1) is 13.6. The average Bonchev–Trinajstić information content (AvgIpc) is 2.20. The lowest BCUT2D eigenvalue weighted by Gasteiger charge is -2.11. The Hall–Kier alpha value is -1.39. The molecule has 1 rings (SSSR count). The maximum Gasteiger partial charge on any atom is 0.246 e. The molecule has 0 fully saturated rings. The van der Waals surface area contributed by atoms with Gasteiger partial charge < -0.3 is 16.6 Å². The fourth-order valence-electron chi connectivity index (χ4n) is 1.17. The lowest BCUT2D eigenvalue weighted by Crippen LogP contribution is -2.30. The van der Waals surface area contributed by atoms with Crippen LogP contribution in [0.25, 0.3) is 0 Å². The highest BCUT2D eigenvalue weighted by molar-refractivity contribution is 5.78. The van der Waals surface area contributed by atoms with Gasteiger partial charge in [0.25, 0.3) is 0 Å². The molecule has 4 heteroatoms. The first-order valence-corrected chi connectivity index (χ1v) is 4.69. The third-order valence-electron chi connectivity index (χ3n) is 1.98. The molecule has 0 heterocycles. The molecule has 0 spiro atoms. The Morgan fingerprint density at radius 2 is 2.00 bits per heavy atom. The summed E-state index contributed by atoms with van der Waals surface area (Å²) in [5.74, 6) is -0.400. The van der Waals surface area contributed by atoms with Crippen LogP contribution in [0.2, 0.25) is 0 Å². The van der Waals surface area contributed by atoms with Crippen molar-refractivity contribution in [2.75, 3.05) is 0 Å². The normalized spacial score (nSPS) is 11.5. The smallest absolute Gasteiger partial charge is 0.246 e. The number of amides is 1. The Bertz CT molecular complexity index is 288. The summed E-state index contributed by atoms with van der Waals surface area (Å²) in [6.07, 6.45) is 0.137. The summed E-state index contributed by atoms with van der Waals surface area (Å²) in [4.78, 5) is 10.8. The van der Waals surface area contributed by atoms with Crippen molar-refractivity contribution in [1.29, 1.82) is 0 Å². The predicted molar refractivity (Wildman–Crippen MR) is 59.5 cm³/mol. The molecule has 0 aliphatic carbocycles. The molecule has 84 valence electrons. The Morgan fingerprint density at radius 1 is 1.40 bits per heavy atom. The number of hydrogen-bond acceptors (Lipinski definition) is 3. The first-order chi connectivity index (χ1) is 6.74. The number of benzene rings is 1. The van der Waals surface area contributed by atoms with Crippen LogP contribution in [0.5, 0.6) is 0 Å². The number of primary amides is 1. The highest BCUT2D eigenvalue weighted by Crippen LogP contribution is 2.05. The van der Waals surface area contributed by atoms with Crippen LogP contribution in [-0.4, -0.2) is 12.0 Å². The second kappa shape index (κ2) is 6.98. The Labute approximate surface area is 90.0 Å². The zero-order valence-electron chi connectivity index (χ0n) is 8.98. The number of carbonyl (C=O) groups is 1. The van der Waals surface area contributed by atoms with Crippen LogP contribution in [0.15, 0.2) is 30.3 Å². The molecule has 0 aliphatic heterocycles. The van der Waals surface area contributed by atoms with Gasteiger partial charge in [0, 0.05) is 0 Å². The summed E-state index contributed by atoms with van der Waals surface area (Å²) in [5.41, 5.74) is 6.20. The molecule has 0 bridgehead atoms. The van der Waals surface area contributed by atoms with Crippen LogP contribution in [0.1, 0.15) is 18.9 Å². The zero-order chi connectivity index (χ0) is 10.4. The van der Waals surface area contributed by atoms with Crippen LogP contribution in [0.4, 0.5) is 0 Å². The molecule has 1 aromatic rings. The minimum absolute atomic E-state index is 0. The number of ether oxygens (including phenoxy) is 1. The van der Waals surface area contributed by atoms with Gasteiger partial charge in [-0.1, -0.05) is 37.3 Å². The van der Waals surface area contributed by atoms with Crippen LogP contribution in [0.3, 0.4) is 0 Å². The van der Waals surface area contributed by atoms with E-state index in [4.69, 9.17) is 10.5 Å². The largest absolute Gasteiger partial charge is 0.367 e. The molecule has 15 heavy (non-hydrogen) atoms. The summed E-state index contributed by atoms with van der Waals surface area (Å²) < 4.78 is 5.36. The fourth-order valence-corrected chi connectivity index (χ4v) is 1.17. The number of nitrogens with two attached hydrogens (primary N) is 1. The second-order valence-electron chi connectivity index (χ2n) is 3.10. The van der Waals surface area contributed by atoms with Gasteiger partial charge in [-0.2, -0.15) is 0 Å². The van der Waals surface area contributed by atoms with Crippen molar-refractivity contribution in [2.24, 2.45) is 5.73 Å². The van der Waals surface area contributed by atoms with Gasteiger partial charge in [-0.15, -0.1) is 0 Å². The molecule has 1 aromatic carbocycles. The van der Waals surface area contributed by atoms with E-state index in [2.05, 4.69) is 0 Å². The van der Waals surface area contributed by atoms with Gasteiger partial charge in [-0.3, -0.25) is 4.79 Å². The molecule has 1 unspecified atom stereocenters. The van der Waals surface area contributed by atoms with Gasteiger partial charge in [0.15, 0.2) is 0 Å². The monoisotopic (exact) mass is 210 g/mol. The van der Waals surface area contributed by atoms with Crippen molar-refractivity contribution < 1.29 is 9.53 Å². The van der Waals surface area contributed by atoms with Crippen molar-refractivity contribution >= 4 is 5.91 Å². The van der Waals surface area contributed by atoms with Crippen molar-refractivity contribution in [2.45, 2.75) is 26.1 Å². The lowest BCUT2D eigenvalue weighted by molar-refractivity contribution is -0.130. The Balaban J connectivity index is 0.00000196. The topological polar surface area (TPSA) is 87.3 Å². The van der Waals surface area contributed by atoms with E-state index < -0.39 is 12.0 Å². The summed E-state index contributed by atoms with van der Waals surface area (Å²) in [5, 5.41) is 0. The van der Waals surface area contributed by atoms with Crippen molar-refractivity contribution in [3.05, 3.63) is 35.9 Å². The number of hydrogen-bond donors (Lipinski definition) is 2. The van der Waals surface area contributed by atoms with Gasteiger partial charge in [0.1, 0.15) is 6.10 Å². The third kappa shape index (κ3) is 4.58. The van der Waals surface area contributed by atoms with E-state index in [1.54, 1.807) is 0 Å². The van der Waals surface area contributed by atoms with Gasteiger partial charge >= 0.3 is 0 Å². The zero-order valence-corrected chi connectivity index (χ0v) is 8.98. The highest BCUT2D eigenvalue weighted by Gasteiger charge is 2.12. The molecular formula is C11H18N2O2. The van der Waals surface area contributed by atoms with E-state index in [1.165, 1.54) is 0 Å². The second-order valence-corrected chi connectivity index (χ2v) is 3.10. The van der Waals surface area contributed by atoms with Crippen LogP contribution < -0.4 is 11.9 Å². The number of carbonyl (C=O) groups excluding carboxylic acids is 1. The lowest BCUT2D eigenvalue weighted by atomic mass is 10.2. The van der Waals surface area contributed by atoms with E-state index in [0.29, 0.717) is 13.0 Å². The molecule has 0 aromatic heterocycles. The molecular weight excluding hydrogens is 192 g/mol. The maximum atomic E-state index is 10.8. The molecule has 1 amide bonds. The van der Waals surface area contributed by atoms with Crippen LogP contribution >= 0.6 is 0 Å². The average molecular weight is 210 g/mol. The standard InChI is InChI=1S/C11H15NO2.H3N/c1-2-10(11(12)13)14-8-9-6-4-3-5-7-9;/h3-7,10H,2,8H2,1H3,(H2,12,13);1H3. The molecule has 4 nitrogen and oxygen atoms in total. The molecule has 0 radical (unpaired) electrons. The van der Waals surface area contributed by atoms with Gasteiger partial charge in [0.2, 0.25) is 5.91 Å². The molecule has 0 aliphatic rings. The first-order valence-electron chi connectivity index (χ1n) is 4.69. The van der Waals surface area contributed by atoms with Gasteiger partial charge in [-0.25, -0.2) is 0 Å². The van der Waals surface area contributed by atoms with Crippen molar-refractivity contribution in [1.82, 2.24) is 6.15 Å². The van der Waals surface area contributed by atoms with E-state index >= 15 is 0 Å². The van der Waals surface area contributed by atoms with E-state index in [9.17, 15) is 4.79 Å². The van der Waals surface area contributed by atoms with E-state index in [1.807, 2.05) is 37.3 Å². The summed E-state index contributed by atoms with van der Waals surface area (Å²) in [6.45, 7) is 2.31. The molecule has 0 saturated heterocycles. The fraction of sp³-hybridized carbons (Fsp3) is 0.364. The molecule has 1 atom stereocenters. The van der Waals surface area contributed by atoms with E-state index in [-0.39, 0.29) is 6.15 Å². The predicted octanol–water partition coefficient (Wildman–Crippen LogP) is 1.63. The quantitative estimate of drug-likeness (QED) is 0.774. The Morgan fingerprint density at radius 3 is 2.47 bits per heavy atom. The van der Waals surface area contributed by atoms with Crippen LogP contribution in [0, 0.1) is 0 Å². The highest BCUT2D eigenvalue weighted by atomic mass is 16.5. The van der Waals surface area contributed by atoms with Gasteiger partial charge in [-0.05, 0) is 12.0 Å². The van der Waals surface area contributed by atoms with E-state index in [0.717, 1.165) is 5.56 Å². The molecule has 5 N–H and O–H groups in total. The van der Waals surface area contributed by atoms with Gasteiger partial charge in [0.05, 0.1) is 6.61 Å². The minimum Gasteiger partial charge on any atom is -0.367 e. The minimum atomic E-state index is -0.477. The molecule has 0 saturated carbocycles. The van der Waals surface area contributed by atoms with Crippen molar-refractivity contribution in [3.63, 3.8) is 0 Å². The summed E-state index contributed by atoms with van der Waals surface area (Å²) in [6, 6.07) is 9.71. The SMILES string of the molecule is CCC(OCc1ccccc1)C(N)=O.N. The maximum absolute atomic E-state index is 10.8. The number of rotatable bonds is 5. The third-order valence-corrected chi connectivity index (χ3v) is 1.98. The van der Waals surface area contributed by atoms with Crippen LogP contribution in [-0.2, 0) is 16.1 Å². The summed E-state index contributed by atoms with van der Waals surface area (Å²) in [7, 11) is 0. The summed E-state index contributed by atoms with van der Waals surface area (Å²) >= 11 is 0. The Kier molecular flexibility index (Phi) is 6.33.